The summed E-state index contributed by atoms with van der Waals surface area (Å²) < 4.78 is 5.31. The molecular weight excluding hydrogens is 164 g/mol. The molecule has 3 atom stereocenters. The topological polar surface area (TPSA) is 26.3 Å². The molecule has 0 saturated heterocycles. The van der Waals surface area contributed by atoms with E-state index in [1.54, 1.807) is 7.11 Å². The molecule has 0 aromatic rings. The van der Waals surface area contributed by atoms with Crippen LogP contribution < -0.4 is 0 Å². The van der Waals surface area contributed by atoms with Gasteiger partial charge >= 0.3 is 0 Å². The Labute approximate surface area is 79.7 Å². The normalized spacial score (nSPS) is 47.2. The highest BCUT2D eigenvalue weighted by atomic mass is 16.5. The first kappa shape index (κ1) is 9.20. The van der Waals surface area contributed by atoms with Crippen molar-refractivity contribution in [1.29, 1.82) is 0 Å². The Morgan fingerprint density at radius 2 is 2.00 bits per heavy atom. The SMILES string of the molecule is CO[C@H]1C(=O)[C@@]2(C)CC[C@@H]1C2(C)C. The molecule has 0 radical (unpaired) electrons. The highest BCUT2D eigenvalue weighted by Gasteiger charge is 2.66. The number of hydrogen-bond donors (Lipinski definition) is 0. The van der Waals surface area contributed by atoms with Gasteiger partial charge in [-0.15, -0.1) is 0 Å². The minimum Gasteiger partial charge on any atom is -0.373 e. The molecule has 0 aromatic carbocycles. The van der Waals surface area contributed by atoms with Crippen LogP contribution in [0, 0.1) is 16.7 Å². The summed E-state index contributed by atoms with van der Waals surface area (Å²) in [4.78, 5) is 12.0. The zero-order chi connectivity index (χ0) is 9.85. The van der Waals surface area contributed by atoms with Crippen molar-refractivity contribution >= 4 is 5.78 Å². The molecule has 0 N–H and O–H groups in total. The third kappa shape index (κ3) is 0.804. The van der Waals surface area contributed by atoms with Gasteiger partial charge in [-0.2, -0.15) is 0 Å². The van der Waals surface area contributed by atoms with Gasteiger partial charge in [0.2, 0.25) is 0 Å². The van der Waals surface area contributed by atoms with Gasteiger partial charge in [-0.25, -0.2) is 0 Å². The summed E-state index contributed by atoms with van der Waals surface area (Å²) in [7, 11) is 1.66. The molecule has 0 unspecified atom stereocenters. The smallest absolute Gasteiger partial charge is 0.168 e. The molecule has 2 aliphatic rings. The predicted molar refractivity (Wildman–Crippen MR) is 50.4 cm³/mol. The first-order valence-corrected chi connectivity index (χ1v) is 5.02. The maximum absolute atomic E-state index is 12.0. The van der Waals surface area contributed by atoms with E-state index in [2.05, 4.69) is 20.8 Å². The quantitative estimate of drug-likeness (QED) is 0.620. The third-order valence-electron chi connectivity index (χ3n) is 4.73. The fourth-order valence-electron chi connectivity index (χ4n) is 3.27. The van der Waals surface area contributed by atoms with Crippen LogP contribution in [-0.4, -0.2) is 19.0 Å². The van der Waals surface area contributed by atoms with Crippen molar-refractivity contribution in [1.82, 2.24) is 0 Å². The molecule has 0 heterocycles. The largest absolute Gasteiger partial charge is 0.373 e. The number of ketones is 1. The van der Waals surface area contributed by atoms with Crippen LogP contribution in [0.15, 0.2) is 0 Å². The molecule has 2 bridgehead atoms. The summed E-state index contributed by atoms with van der Waals surface area (Å²) in [5.74, 6) is 0.770. The monoisotopic (exact) mass is 182 g/mol. The second kappa shape index (κ2) is 2.35. The van der Waals surface area contributed by atoms with Gasteiger partial charge in [0.25, 0.3) is 0 Å². The zero-order valence-corrected chi connectivity index (χ0v) is 8.89. The molecule has 0 amide bonds. The number of Topliss-reactive ketones (excluding diaryl/α,β-unsaturated/α-hetero) is 1. The molecule has 2 nitrogen and oxygen atoms in total. The van der Waals surface area contributed by atoms with Crippen LogP contribution in [-0.2, 0) is 9.53 Å². The number of ether oxygens (including phenoxy) is 1. The standard InChI is InChI=1S/C11H18O2/c1-10(2)7-5-6-11(10,3)9(12)8(7)13-4/h7-8H,5-6H2,1-4H3/t7-,8+,11+/m0/s1. The lowest BCUT2D eigenvalue weighted by Crippen LogP contribution is -2.35. The van der Waals surface area contributed by atoms with Crippen LogP contribution in [0.2, 0.25) is 0 Å². The van der Waals surface area contributed by atoms with Gasteiger partial charge in [0.05, 0.1) is 0 Å². The first-order valence-electron chi connectivity index (χ1n) is 5.02. The Balaban J connectivity index is 2.44. The van der Waals surface area contributed by atoms with Crippen LogP contribution in [0.3, 0.4) is 0 Å². The molecule has 0 aromatic heterocycles. The van der Waals surface area contributed by atoms with E-state index in [-0.39, 0.29) is 16.9 Å². The Hall–Kier alpha value is -0.370. The average molecular weight is 182 g/mol. The first-order chi connectivity index (χ1) is 5.95. The van der Waals surface area contributed by atoms with E-state index in [1.807, 2.05) is 0 Å². The molecule has 0 aliphatic heterocycles. The fraction of sp³-hybridized carbons (Fsp3) is 0.909. The molecular formula is C11H18O2. The van der Waals surface area contributed by atoms with E-state index < -0.39 is 0 Å². The van der Waals surface area contributed by atoms with E-state index in [4.69, 9.17) is 4.74 Å². The zero-order valence-electron chi connectivity index (χ0n) is 8.89. The number of hydrogen-bond acceptors (Lipinski definition) is 2. The molecule has 2 rings (SSSR count). The van der Waals surface area contributed by atoms with Crippen molar-refractivity contribution in [3.8, 4) is 0 Å². The average Bonchev–Trinajstić information content (AvgIpc) is 2.36. The van der Waals surface area contributed by atoms with Crippen LogP contribution in [0.4, 0.5) is 0 Å². The molecule has 2 heteroatoms. The van der Waals surface area contributed by atoms with Gasteiger partial charge < -0.3 is 4.74 Å². The van der Waals surface area contributed by atoms with Gasteiger partial charge in [-0.05, 0) is 24.2 Å². The van der Waals surface area contributed by atoms with Crippen molar-refractivity contribution in [3.63, 3.8) is 0 Å². The molecule has 74 valence electrons. The summed E-state index contributed by atoms with van der Waals surface area (Å²) in [6, 6.07) is 0. The third-order valence-corrected chi connectivity index (χ3v) is 4.73. The number of fused-ring (bicyclic) bond motifs is 2. The molecule has 0 spiro atoms. The fourth-order valence-corrected chi connectivity index (χ4v) is 3.27. The van der Waals surface area contributed by atoms with Gasteiger partial charge in [-0.1, -0.05) is 20.8 Å². The van der Waals surface area contributed by atoms with E-state index in [0.29, 0.717) is 11.7 Å². The number of methoxy groups -OCH3 is 1. The van der Waals surface area contributed by atoms with Gasteiger partial charge in [0, 0.05) is 12.5 Å². The number of carbonyl (C=O) groups excluding carboxylic acids is 1. The lowest BCUT2D eigenvalue weighted by Gasteiger charge is -2.31. The minimum atomic E-state index is -0.131. The molecule has 2 fully saturated rings. The lowest BCUT2D eigenvalue weighted by molar-refractivity contribution is -0.137. The Kier molecular flexibility index (Phi) is 1.66. The van der Waals surface area contributed by atoms with Crippen molar-refractivity contribution in [2.45, 2.75) is 39.7 Å². The second-order valence-corrected chi connectivity index (χ2v) is 5.22. The summed E-state index contributed by atoms with van der Waals surface area (Å²) in [6.07, 6.45) is 2.06. The molecule has 2 saturated carbocycles. The number of rotatable bonds is 1. The number of carbonyl (C=O) groups is 1. The van der Waals surface area contributed by atoms with Crippen LogP contribution >= 0.6 is 0 Å². The summed E-state index contributed by atoms with van der Waals surface area (Å²) in [5.41, 5.74) is 0.00308. The Morgan fingerprint density at radius 3 is 2.31 bits per heavy atom. The predicted octanol–water partition coefficient (Wildman–Crippen LogP) is 2.03. The van der Waals surface area contributed by atoms with Crippen LogP contribution in [0.25, 0.3) is 0 Å². The van der Waals surface area contributed by atoms with Crippen LogP contribution in [0.5, 0.6) is 0 Å². The van der Waals surface area contributed by atoms with E-state index in [9.17, 15) is 4.79 Å². The lowest BCUT2D eigenvalue weighted by atomic mass is 9.70. The summed E-state index contributed by atoms with van der Waals surface area (Å²) in [5, 5.41) is 0. The van der Waals surface area contributed by atoms with Crippen molar-refractivity contribution in [3.05, 3.63) is 0 Å². The van der Waals surface area contributed by atoms with Crippen molar-refractivity contribution in [2.75, 3.05) is 7.11 Å². The van der Waals surface area contributed by atoms with Crippen molar-refractivity contribution < 1.29 is 9.53 Å². The highest BCUT2D eigenvalue weighted by molar-refractivity contribution is 5.93. The molecule has 13 heavy (non-hydrogen) atoms. The highest BCUT2D eigenvalue weighted by Crippen LogP contribution is 2.64. The summed E-state index contributed by atoms with van der Waals surface area (Å²) in [6.45, 7) is 6.53. The summed E-state index contributed by atoms with van der Waals surface area (Å²) >= 11 is 0. The molecule has 2 aliphatic carbocycles. The van der Waals surface area contributed by atoms with Crippen LogP contribution in [0.1, 0.15) is 33.6 Å². The minimum absolute atomic E-state index is 0.127. The van der Waals surface area contributed by atoms with E-state index in [0.717, 1.165) is 12.8 Å². The van der Waals surface area contributed by atoms with Gasteiger partial charge in [0.1, 0.15) is 6.10 Å². The van der Waals surface area contributed by atoms with Gasteiger partial charge in [-0.3, -0.25) is 4.79 Å². The van der Waals surface area contributed by atoms with E-state index in [1.165, 1.54) is 0 Å². The maximum Gasteiger partial charge on any atom is 0.168 e. The second-order valence-electron chi connectivity index (χ2n) is 5.22. The van der Waals surface area contributed by atoms with Gasteiger partial charge in [0.15, 0.2) is 5.78 Å². The maximum atomic E-state index is 12.0. The van der Waals surface area contributed by atoms with Crippen molar-refractivity contribution in [2.24, 2.45) is 16.7 Å². The van der Waals surface area contributed by atoms with E-state index >= 15 is 0 Å². The Bertz CT molecular complexity index is 257. The Morgan fingerprint density at radius 1 is 1.38 bits per heavy atom.